The molecule has 1 amide bonds. The number of amides is 1. The highest BCUT2D eigenvalue weighted by Crippen LogP contribution is 2.29. The van der Waals surface area contributed by atoms with Crippen LogP contribution in [0.5, 0.6) is 0 Å². The monoisotopic (exact) mass is 401 g/mol. The summed E-state index contributed by atoms with van der Waals surface area (Å²) in [5.74, 6) is 0.752. The number of ether oxygens (including phenoxy) is 1. The van der Waals surface area contributed by atoms with Crippen LogP contribution in [0.4, 0.5) is 0 Å². The van der Waals surface area contributed by atoms with Crippen molar-refractivity contribution in [1.82, 2.24) is 14.1 Å². The summed E-state index contributed by atoms with van der Waals surface area (Å²) < 4.78 is 31.7. The Kier molecular flexibility index (Phi) is 7.53. The van der Waals surface area contributed by atoms with Crippen molar-refractivity contribution < 1.29 is 17.9 Å². The van der Waals surface area contributed by atoms with Crippen molar-refractivity contribution in [3.63, 3.8) is 0 Å². The fourth-order valence-electron chi connectivity index (χ4n) is 4.69. The van der Waals surface area contributed by atoms with Gasteiger partial charge in [0.2, 0.25) is 15.9 Å². The third kappa shape index (κ3) is 6.14. The van der Waals surface area contributed by atoms with Crippen LogP contribution in [0.15, 0.2) is 0 Å². The van der Waals surface area contributed by atoms with E-state index in [1.807, 2.05) is 4.90 Å². The lowest BCUT2D eigenvalue weighted by Gasteiger charge is -2.30. The molecular weight excluding hydrogens is 366 g/mol. The van der Waals surface area contributed by atoms with Gasteiger partial charge in [0.15, 0.2) is 0 Å². The first-order chi connectivity index (χ1) is 12.9. The Morgan fingerprint density at radius 2 is 1.81 bits per heavy atom. The minimum absolute atomic E-state index is 0.0720. The van der Waals surface area contributed by atoms with Gasteiger partial charge in [0.1, 0.15) is 0 Å². The molecule has 3 aliphatic rings. The Morgan fingerprint density at radius 3 is 2.48 bits per heavy atom. The number of carbonyl (C=O) groups is 1. The number of morpholine rings is 1. The minimum atomic E-state index is -3.27. The van der Waals surface area contributed by atoms with E-state index < -0.39 is 10.0 Å². The molecule has 7 nitrogen and oxygen atoms in total. The second-order valence-corrected chi connectivity index (χ2v) is 10.3. The molecule has 1 unspecified atom stereocenters. The van der Waals surface area contributed by atoms with Crippen LogP contribution in [0.25, 0.3) is 0 Å². The number of hydrogen-bond donors (Lipinski definition) is 0. The largest absolute Gasteiger partial charge is 0.379 e. The zero-order chi connectivity index (χ0) is 19.3. The molecule has 0 radical (unpaired) electrons. The predicted molar refractivity (Wildman–Crippen MR) is 105 cm³/mol. The standard InChI is InChI=1S/C19H35N3O4S/c1-27(24,25)22(9-4-8-20-11-13-26-14-12-20)18-7-10-21(16-18)19(23)15-17-5-2-3-6-17/h17-18H,2-16H2,1H3. The number of sulfonamides is 1. The highest BCUT2D eigenvalue weighted by Gasteiger charge is 2.35. The Bertz CT molecular complexity index is 586. The van der Waals surface area contributed by atoms with Crippen LogP contribution in [0.3, 0.4) is 0 Å². The summed E-state index contributed by atoms with van der Waals surface area (Å²) in [5.41, 5.74) is 0. The molecule has 0 spiro atoms. The molecule has 156 valence electrons. The molecule has 3 fully saturated rings. The van der Waals surface area contributed by atoms with Gasteiger partial charge in [0, 0.05) is 45.2 Å². The summed E-state index contributed by atoms with van der Waals surface area (Å²) in [6, 6.07) is -0.0720. The van der Waals surface area contributed by atoms with Gasteiger partial charge in [-0.2, -0.15) is 4.31 Å². The summed E-state index contributed by atoms with van der Waals surface area (Å²) in [7, 11) is -3.27. The van der Waals surface area contributed by atoms with Crippen LogP contribution < -0.4 is 0 Å². The van der Waals surface area contributed by atoms with Crippen molar-refractivity contribution in [1.29, 1.82) is 0 Å². The van der Waals surface area contributed by atoms with Crippen molar-refractivity contribution >= 4 is 15.9 Å². The lowest BCUT2D eigenvalue weighted by atomic mass is 10.0. The average Bonchev–Trinajstić information content (AvgIpc) is 3.30. The fraction of sp³-hybridized carbons (Fsp3) is 0.947. The van der Waals surface area contributed by atoms with Gasteiger partial charge < -0.3 is 9.64 Å². The molecule has 0 N–H and O–H groups in total. The summed E-state index contributed by atoms with van der Waals surface area (Å²) in [6.07, 6.45) is 8.32. The van der Waals surface area contributed by atoms with Crippen molar-refractivity contribution in [2.45, 2.75) is 51.0 Å². The van der Waals surface area contributed by atoms with Gasteiger partial charge in [-0.05, 0) is 38.1 Å². The third-order valence-corrected chi connectivity index (χ3v) is 7.58. The zero-order valence-electron chi connectivity index (χ0n) is 16.6. The molecule has 8 heteroatoms. The van der Waals surface area contributed by atoms with Crippen molar-refractivity contribution in [3.05, 3.63) is 0 Å². The van der Waals surface area contributed by atoms with E-state index in [0.717, 1.165) is 45.7 Å². The van der Waals surface area contributed by atoms with Gasteiger partial charge in [-0.1, -0.05) is 12.8 Å². The smallest absolute Gasteiger partial charge is 0.222 e. The molecule has 2 saturated heterocycles. The van der Waals surface area contributed by atoms with E-state index in [2.05, 4.69) is 4.90 Å². The molecule has 0 bridgehead atoms. The molecule has 0 aromatic carbocycles. The first kappa shape index (κ1) is 21.0. The zero-order valence-corrected chi connectivity index (χ0v) is 17.5. The Hall–Kier alpha value is -0.700. The van der Waals surface area contributed by atoms with E-state index in [-0.39, 0.29) is 11.9 Å². The summed E-state index contributed by atoms with van der Waals surface area (Å²) >= 11 is 0. The van der Waals surface area contributed by atoms with E-state index in [0.29, 0.717) is 32.0 Å². The molecule has 0 aromatic rings. The second-order valence-electron chi connectivity index (χ2n) is 8.32. The maximum Gasteiger partial charge on any atom is 0.222 e. The summed E-state index contributed by atoms with van der Waals surface area (Å²) in [5, 5.41) is 0. The maximum atomic E-state index is 12.6. The van der Waals surface area contributed by atoms with Crippen molar-refractivity contribution in [3.8, 4) is 0 Å². The number of likely N-dealkylation sites (tertiary alicyclic amines) is 1. The number of hydrogen-bond acceptors (Lipinski definition) is 5. The molecule has 2 aliphatic heterocycles. The predicted octanol–water partition coefficient (Wildman–Crippen LogP) is 1.15. The first-order valence-electron chi connectivity index (χ1n) is 10.5. The van der Waals surface area contributed by atoms with Crippen LogP contribution in [0.1, 0.15) is 44.9 Å². The highest BCUT2D eigenvalue weighted by atomic mass is 32.2. The van der Waals surface area contributed by atoms with Crippen LogP contribution in [0, 0.1) is 5.92 Å². The van der Waals surface area contributed by atoms with Crippen LogP contribution in [0.2, 0.25) is 0 Å². The van der Waals surface area contributed by atoms with Crippen LogP contribution in [-0.2, 0) is 19.6 Å². The molecule has 0 aromatic heterocycles. The maximum absolute atomic E-state index is 12.6. The Morgan fingerprint density at radius 1 is 1.11 bits per heavy atom. The second kappa shape index (κ2) is 9.67. The van der Waals surface area contributed by atoms with E-state index in [9.17, 15) is 13.2 Å². The summed E-state index contributed by atoms with van der Waals surface area (Å²) in [6.45, 7) is 6.03. The molecule has 2 heterocycles. The number of rotatable bonds is 8. The molecule has 3 rings (SSSR count). The normalized spacial score (nSPS) is 25.6. The van der Waals surface area contributed by atoms with Crippen molar-refractivity contribution in [2.24, 2.45) is 5.92 Å². The SMILES string of the molecule is CS(=O)(=O)N(CCCN1CCOCC1)C1CCN(C(=O)CC2CCCC2)C1. The molecule has 1 atom stereocenters. The molecule has 1 aliphatic carbocycles. The van der Waals surface area contributed by atoms with Crippen LogP contribution >= 0.6 is 0 Å². The lowest BCUT2D eigenvalue weighted by Crippen LogP contribution is -2.44. The molecule has 1 saturated carbocycles. The van der Waals surface area contributed by atoms with Gasteiger partial charge in [0.25, 0.3) is 0 Å². The van der Waals surface area contributed by atoms with Gasteiger partial charge in [0.05, 0.1) is 19.5 Å². The molecule has 27 heavy (non-hydrogen) atoms. The number of carbonyl (C=O) groups excluding carboxylic acids is 1. The van der Waals surface area contributed by atoms with E-state index in [1.165, 1.54) is 31.9 Å². The number of nitrogens with zero attached hydrogens (tertiary/aromatic N) is 3. The highest BCUT2D eigenvalue weighted by molar-refractivity contribution is 7.88. The van der Waals surface area contributed by atoms with Crippen molar-refractivity contribution in [2.75, 3.05) is 58.7 Å². The Labute approximate surface area is 164 Å². The average molecular weight is 402 g/mol. The topological polar surface area (TPSA) is 70.2 Å². The first-order valence-corrected chi connectivity index (χ1v) is 12.3. The minimum Gasteiger partial charge on any atom is -0.379 e. The quantitative estimate of drug-likeness (QED) is 0.610. The summed E-state index contributed by atoms with van der Waals surface area (Å²) in [4.78, 5) is 16.8. The van der Waals surface area contributed by atoms with Crippen LogP contribution in [-0.4, -0.2) is 93.2 Å². The molecular formula is C19H35N3O4S. The van der Waals surface area contributed by atoms with Gasteiger partial charge in [-0.3, -0.25) is 9.69 Å². The Balaban J connectivity index is 1.48. The van der Waals surface area contributed by atoms with E-state index in [4.69, 9.17) is 4.74 Å². The van der Waals surface area contributed by atoms with Gasteiger partial charge in [-0.15, -0.1) is 0 Å². The van der Waals surface area contributed by atoms with E-state index >= 15 is 0 Å². The van der Waals surface area contributed by atoms with Gasteiger partial charge in [-0.25, -0.2) is 8.42 Å². The third-order valence-electron chi connectivity index (χ3n) is 6.24. The lowest BCUT2D eigenvalue weighted by molar-refractivity contribution is -0.131. The fourth-order valence-corrected chi connectivity index (χ4v) is 5.86. The van der Waals surface area contributed by atoms with Gasteiger partial charge >= 0.3 is 0 Å². The van der Waals surface area contributed by atoms with E-state index in [1.54, 1.807) is 4.31 Å².